The number of fused-ring (bicyclic) bond motifs is 1. The Morgan fingerprint density at radius 2 is 1.96 bits per heavy atom. The fourth-order valence-corrected chi connectivity index (χ4v) is 2.58. The number of aliphatic hydroxyl groups excluding tert-OH is 1. The number of benzene rings is 2. The number of pyridine rings is 1. The number of phenols is 1. The molecule has 25 heavy (non-hydrogen) atoms. The van der Waals surface area contributed by atoms with Crippen molar-refractivity contribution in [3.63, 3.8) is 0 Å². The number of halogens is 1. The van der Waals surface area contributed by atoms with E-state index in [1.165, 1.54) is 0 Å². The van der Waals surface area contributed by atoms with Crippen LogP contribution in [-0.4, -0.2) is 21.8 Å². The standard InChI is InChI=1S/C20H18ClNO3/c21-16-6-8-18-14(12-16)5-10-20(22-18)25-17-7-9-19(24)15(13-17)4-2-1-3-11-23/h2,4-10,12-13,23-24H,1,3,11H2. The molecule has 2 N–H and O–H groups in total. The summed E-state index contributed by atoms with van der Waals surface area (Å²) in [5.74, 6) is 1.23. The second-order valence-electron chi connectivity index (χ2n) is 5.58. The second kappa shape index (κ2) is 8.01. The van der Waals surface area contributed by atoms with Gasteiger partial charge in [0.25, 0.3) is 0 Å². The van der Waals surface area contributed by atoms with E-state index in [0.717, 1.165) is 17.3 Å². The fraction of sp³-hybridized carbons (Fsp3) is 0.150. The van der Waals surface area contributed by atoms with E-state index < -0.39 is 0 Å². The molecule has 0 saturated carbocycles. The van der Waals surface area contributed by atoms with Crippen LogP contribution >= 0.6 is 11.6 Å². The number of hydrogen-bond donors (Lipinski definition) is 2. The van der Waals surface area contributed by atoms with Crippen LogP contribution in [0.1, 0.15) is 18.4 Å². The Kier molecular flexibility index (Phi) is 5.53. The summed E-state index contributed by atoms with van der Waals surface area (Å²) in [6, 6.07) is 14.2. The lowest BCUT2D eigenvalue weighted by atomic mass is 10.1. The molecule has 0 atom stereocenters. The molecule has 3 rings (SSSR count). The number of aliphatic hydroxyl groups is 1. The molecule has 0 spiro atoms. The van der Waals surface area contributed by atoms with Crippen molar-refractivity contribution in [2.75, 3.05) is 6.61 Å². The predicted octanol–water partition coefficient (Wildman–Crippen LogP) is 5.17. The van der Waals surface area contributed by atoms with E-state index >= 15 is 0 Å². The monoisotopic (exact) mass is 355 g/mol. The number of unbranched alkanes of at least 4 members (excludes halogenated alkanes) is 1. The van der Waals surface area contributed by atoms with Crippen molar-refractivity contribution in [3.05, 3.63) is 65.2 Å². The first kappa shape index (κ1) is 17.3. The van der Waals surface area contributed by atoms with Crippen LogP contribution in [0.25, 0.3) is 17.0 Å². The Morgan fingerprint density at radius 1 is 1.08 bits per heavy atom. The molecule has 0 saturated heterocycles. The molecule has 1 heterocycles. The van der Waals surface area contributed by atoms with Gasteiger partial charge in [0.15, 0.2) is 0 Å². The molecule has 128 valence electrons. The summed E-state index contributed by atoms with van der Waals surface area (Å²) in [4.78, 5) is 4.46. The average molecular weight is 356 g/mol. The van der Waals surface area contributed by atoms with Crippen molar-refractivity contribution < 1.29 is 14.9 Å². The van der Waals surface area contributed by atoms with Crippen molar-refractivity contribution in [2.24, 2.45) is 0 Å². The maximum atomic E-state index is 9.94. The molecule has 5 heteroatoms. The van der Waals surface area contributed by atoms with Gasteiger partial charge in [-0.05, 0) is 55.3 Å². The van der Waals surface area contributed by atoms with Gasteiger partial charge in [0.1, 0.15) is 11.5 Å². The molecule has 4 nitrogen and oxygen atoms in total. The smallest absolute Gasteiger partial charge is 0.219 e. The largest absolute Gasteiger partial charge is 0.507 e. The number of nitrogens with zero attached hydrogens (tertiary/aromatic N) is 1. The highest BCUT2D eigenvalue weighted by Gasteiger charge is 2.05. The minimum Gasteiger partial charge on any atom is -0.507 e. The van der Waals surface area contributed by atoms with E-state index in [-0.39, 0.29) is 12.4 Å². The van der Waals surface area contributed by atoms with Crippen LogP contribution in [0, 0.1) is 0 Å². The Labute approximate surface area is 151 Å². The van der Waals surface area contributed by atoms with Gasteiger partial charge in [0.2, 0.25) is 5.88 Å². The first-order chi connectivity index (χ1) is 12.2. The molecule has 2 aromatic carbocycles. The maximum Gasteiger partial charge on any atom is 0.219 e. The van der Waals surface area contributed by atoms with Crippen LogP contribution in [0.15, 0.2) is 54.6 Å². The lowest BCUT2D eigenvalue weighted by molar-refractivity contribution is 0.290. The van der Waals surface area contributed by atoms with Crippen molar-refractivity contribution >= 4 is 28.6 Å². The van der Waals surface area contributed by atoms with E-state index in [9.17, 15) is 5.11 Å². The van der Waals surface area contributed by atoms with Crippen LogP contribution in [0.4, 0.5) is 0 Å². The van der Waals surface area contributed by atoms with Crippen molar-refractivity contribution in [1.82, 2.24) is 4.98 Å². The molecule has 3 aromatic rings. The minimum absolute atomic E-state index is 0.151. The summed E-state index contributed by atoms with van der Waals surface area (Å²) >= 11 is 5.98. The topological polar surface area (TPSA) is 62.6 Å². The van der Waals surface area contributed by atoms with Crippen molar-refractivity contribution in [1.29, 1.82) is 0 Å². The van der Waals surface area contributed by atoms with Crippen LogP contribution in [0.3, 0.4) is 0 Å². The third-order valence-corrected chi connectivity index (χ3v) is 3.91. The Bertz CT molecular complexity index is 909. The summed E-state index contributed by atoms with van der Waals surface area (Å²) in [7, 11) is 0. The number of hydrogen-bond acceptors (Lipinski definition) is 4. The molecule has 0 radical (unpaired) electrons. The molecule has 0 unspecified atom stereocenters. The van der Waals surface area contributed by atoms with Gasteiger partial charge >= 0.3 is 0 Å². The molecule has 0 aliphatic carbocycles. The average Bonchev–Trinajstić information content (AvgIpc) is 2.61. The lowest BCUT2D eigenvalue weighted by Gasteiger charge is -2.08. The molecule has 0 aliphatic heterocycles. The van der Waals surface area contributed by atoms with Crippen molar-refractivity contribution in [3.8, 4) is 17.4 Å². The van der Waals surface area contributed by atoms with Gasteiger partial charge in [0.05, 0.1) is 5.52 Å². The zero-order valence-electron chi connectivity index (χ0n) is 13.5. The highest BCUT2D eigenvalue weighted by Crippen LogP contribution is 2.28. The number of rotatable bonds is 6. The summed E-state index contributed by atoms with van der Waals surface area (Å²) in [5.41, 5.74) is 1.45. The summed E-state index contributed by atoms with van der Waals surface area (Å²) in [5, 5.41) is 20.3. The number of aromatic nitrogens is 1. The van der Waals surface area contributed by atoms with Gasteiger partial charge in [-0.3, -0.25) is 0 Å². The fourth-order valence-electron chi connectivity index (χ4n) is 2.40. The lowest BCUT2D eigenvalue weighted by Crippen LogP contribution is -1.89. The van der Waals surface area contributed by atoms with E-state index in [4.69, 9.17) is 21.4 Å². The van der Waals surface area contributed by atoms with Gasteiger partial charge < -0.3 is 14.9 Å². The summed E-state index contributed by atoms with van der Waals surface area (Å²) in [6.07, 6.45) is 5.16. The van der Waals surface area contributed by atoms with Gasteiger partial charge in [0, 0.05) is 28.6 Å². The molecular formula is C20H18ClNO3. The molecule has 0 fully saturated rings. The zero-order chi connectivity index (χ0) is 17.6. The van der Waals surface area contributed by atoms with E-state index in [0.29, 0.717) is 28.6 Å². The Hall–Kier alpha value is -2.56. The van der Waals surface area contributed by atoms with Crippen LogP contribution in [0.5, 0.6) is 17.4 Å². The molecular weight excluding hydrogens is 338 g/mol. The van der Waals surface area contributed by atoms with Crippen LogP contribution in [-0.2, 0) is 0 Å². The first-order valence-corrected chi connectivity index (χ1v) is 8.38. The quantitative estimate of drug-likeness (QED) is 0.598. The highest BCUT2D eigenvalue weighted by atomic mass is 35.5. The van der Waals surface area contributed by atoms with Crippen LogP contribution in [0.2, 0.25) is 5.02 Å². The van der Waals surface area contributed by atoms with E-state index in [1.54, 1.807) is 30.3 Å². The summed E-state index contributed by atoms with van der Waals surface area (Å²) in [6.45, 7) is 0.151. The minimum atomic E-state index is 0.151. The van der Waals surface area contributed by atoms with Crippen molar-refractivity contribution in [2.45, 2.75) is 12.8 Å². The van der Waals surface area contributed by atoms with E-state index in [1.807, 2.05) is 30.4 Å². The first-order valence-electron chi connectivity index (χ1n) is 8.00. The SMILES string of the molecule is OCCCC=Cc1cc(Oc2ccc3cc(Cl)ccc3n2)ccc1O. The predicted molar refractivity (Wildman–Crippen MR) is 100 cm³/mol. The Balaban J connectivity index is 1.80. The molecule has 0 aliphatic rings. The normalized spacial score (nSPS) is 11.3. The van der Waals surface area contributed by atoms with Gasteiger partial charge in [-0.15, -0.1) is 0 Å². The third-order valence-electron chi connectivity index (χ3n) is 3.67. The van der Waals surface area contributed by atoms with E-state index in [2.05, 4.69) is 4.98 Å². The van der Waals surface area contributed by atoms with Gasteiger partial charge in [-0.2, -0.15) is 0 Å². The highest BCUT2D eigenvalue weighted by molar-refractivity contribution is 6.31. The van der Waals surface area contributed by atoms with Gasteiger partial charge in [-0.1, -0.05) is 23.8 Å². The summed E-state index contributed by atoms with van der Waals surface area (Å²) < 4.78 is 5.81. The molecule has 0 bridgehead atoms. The molecule has 0 amide bonds. The second-order valence-corrected chi connectivity index (χ2v) is 6.01. The Morgan fingerprint density at radius 3 is 2.80 bits per heavy atom. The molecule has 1 aromatic heterocycles. The number of phenolic OH excluding ortho intramolecular Hbond substituents is 1. The maximum absolute atomic E-state index is 9.94. The number of ether oxygens (including phenoxy) is 1. The van der Waals surface area contributed by atoms with Crippen LogP contribution < -0.4 is 4.74 Å². The van der Waals surface area contributed by atoms with Gasteiger partial charge in [-0.25, -0.2) is 4.98 Å². The number of allylic oxidation sites excluding steroid dienone is 1. The number of aromatic hydroxyl groups is 1. The third kappa shape index (κ3) is 4.50. The zero-order valence-corrected chi connectivity index (χ0v) is 14.3.